The van der Waals surface area contributed by atoms with Crippen LogP contribution in [-0.4, -0.2) is 26.1 Å². The molecule has 0 atom stereocenters. The van der Waals surface area contributed by atoms with E-state index in [0.717, 1.165) is 34.0 Å². The van der Waals surface area contributed by atoms with Crippen molar-refractivity contribution in [3.8, 4) is 11.5 Å². The molecule has 3 rings (SSSR count). The van der Waals surface area contributed by atoms with Crippen LogP contribution in [0.15, 0.2) is 17.0 Å². The molecular formula is C13H16BrN5. The Hall–Kier alpha value is -1.43. The number of imidazole rings is 1. The molecule has 0 saturated heterocycles. The second-order valence-corrected chi connectivity index (χ2v) is 5.58. The van der Waals surface area contributed by atoms with Gasteiger partial charge in [-0.1, -0.05) is 0 Å². The van der Waals surface area contributed by atoms with Crippen LogP contribution in [0.3, 0.4) is 0 Å². The third-order valence-electron chi connectivity index (χ3n) is 3.23. The monoisotopic (exact) mass is 321 g/mol. The summed E-state index contributed by atoms with van der Waals surface area (Å²) in [5.74, 6) is 2.18. The fraction of sp³-hybridized carbons (Fsp3) is 0.462. The Morgan fingerprint density at radius 2 is 2.21 bits per heavy atom. The summed E-state index contributed by atoms with van der Waals surface area (Å²) in [5, 5.41) is 3.29. The maximum Gasteiger partial charge on any atom is 0.180 e. The highest BCUT2D eigenvalue weighted by atomic mass is 79.9. The fourth-order valence-electron chi connectivity index (χ4n) is 2.06. The van der Waals surface area contributed by atoms with Crippen LogP contribution in [0, 0.1) is 0 Å². The van der Waals surface area contributed by atoms with Gasteiger partial charge in [0.2, 0.25) is 0 Å². The third kappa shape index (κ3) is 2.36. The highest BCUT2D eigenvalue weighted by molar-refractivity contribution is 9.10. The minimum absolute atomic E-state index is 0.571. The first-order valence-corrected chi connectivity index (χ1v) is 7.28. The molecule has 1 aliphatic carbocycles. The molecular weight excluding hydrogens is 306 g/mol. The molecule has 2 heterocycles. The maximum absolute atomic E-state index is 4.72. The highest BCUT2D eigenvalue weighted by Gasteiger charge is 2.29. The lowest BCUT2D eigenvalue weighted by Gasteiger charge is -2.12. The van der Waals surface area contributed by atoms with Crippen LogP contribution in [-0.2, 0) is 7.05 Å². The number of hydrogen-bond donors (Lipinski definition) is 1. The minimum Gasteiger partial charge on any atom is -0.369 e. The SMILES string of the molecule is CCNc1nc(-c2cncn2C)nc(C2CC2)c1Br. The summed E-state index contributed by atoms with van der Waals surface area (Å²) in [4.78, 5) is 13.5. The van der Waals surface area contributed by atoms with Gasteiger partial charge in [-0.15, -0.1) is 0 Å². The van der Waals surface area contributed by atoms with Crippen LogP contribution in [0.2, 0.25) is 0 Å². The molecule has 1 saturated carbocycles. The Balaban J connectivity index is 2.12. The van der Waals surface area contributed by atoms with Gasteiger partial charge in [0.05, 0.1) is 22.7 Å². The van der Waals surface area contributed by atoms with Gasteiger partial charge in [-0.25, -0.2) is 15.0 Å². The van der Waals surface area contributed by atoms with Crippen molar-refractivity contribution in [2.45, 2.75) is 25.7 Å². The molecule has 0 aliphatic heterocycles. The van der Waals surface area contributed by atoms with E-state index in [1.165, 1.54) is 12.8 Å². The zero-order chi connectivity index (χ0) is 13.4. The van der Waals surface area contributed by atoms with E-state index in [4.69, 9.17) is 4.98 Å². The van der Waals surface area contributed by atoms with Gasteiger partial charge in [0.25, 0.3) is 0 Å². The summed E-state index contributed by atoms with van der Waals surface area (Å²) in [7, 11) is 1.96. The van der Waals surface area contributed by atoms with Crippen molar-refractivity contribution in [1.29, 1.82) is 0 Å². The summed E-state index contributed by atoms with van der Waals surface area (Å²) in [6.07, 6.45) is 6.00. The average molecular weight is 322 g/mol. The predicted octanol–water partition coefficient (Wildman–Crippen LogP) is 2.95. The molecule has 5 nitrogen and oxygen atoms in total. The number of aromatic nitrogens is 4. The number of hydrogen-bond acceptors (Lipinski definition) is 4. The van der Waals surface area contributed by atoms with E-state index in [9.17, 15) is 0 Å². The normalized spacial score (nSPS) is 14.7. The van der Waals surface area contributed by atoms with Crippen molar-refractivity contribution in [2.24, 2.45) is 7.05 Å². The first kappa shape index (κ1) is 12.6. The molecule has 0 spiro atoms. The highest BCUT2D eigenvalue weighted by Crippen LogP contribution is 2.44. The molecule has 0 aromatic carbocycles. The molecule has 0 bridgehead atoms. The van der Waals surface area contributed by atoms with Crippen LogP contribution in [0.25, 0.3) is 11.5 Å². The lowest BCUT2D eigenvalue weighted by atomic mass is 10.2. The van der Waals surface area contributed by atoms with Crippen molar-refractivity contribution in [3.63, 3.8) is 0 Å². The molecule has 0 radical (unpaired) electrons. The van der Waals surface area contributed by atoms with E-state index in [-0.39, 0.29) is 0 Å². The predicted molar refractivity (Wildman–Crippen MR) is 78.1 cm³/mol. The third-order valence-corrected chi connectivity index (χ3v) is 4.01. The van der Waals surface area contributed by atoms with Gasteiger partial charge in [0.1, 0.15) is 11.5 Å². The molecule has 1 aliphatic rings. The standard InChI is InChI=1S/C13H16BrN5/c1-3-16-13-10(14)11(8-4-5-8)17-12(18-13)9-6-15-7-19(9)2/h6-8H,3-5H2,1-2H3,(H,16,17,18). The average Bonchev–Trinajstić information content (AvgIpc) is 3.14. The zero-order valence-corrected chi connectivity index (χ0v) is 12.6. The minimum atomic E-state index is 0.571. The zero-order valence-electron chi connectivity index (χ0n) is 11.0. The number of aryl methyl sites for hydroxylation is 1. The largest absolute Gasteiger partial charge is 0.369 e. The Kier molecular flexibility index (Phi) is 3.26. The quantitative estimate of drug-likeness (QED) is 0.940. The number of anilines is 1. The molecule has 1 fully saturated rings. The van der Waals surface area contributed by atoms with Crippen molar-refractivity contribution < 1.29 is 0 Å². The number of halogens is 1. The van der Waals surface area contributed by atoms with E-state index in [0.29, 0.717) is 5.92 Å². The van der Waals surface area contributed by atoms with Gasteiger partial charge in [0.15, 0.2) is 5.82 Å². The number of nitrogens with one attached hydrogen (secondary N) is 1. The second-order valence-electron chi connectivity index (χ2n) is 4.79. The van der Waals surface area contributed by atoms with Crippen LogP contribution in [0.5, 0.6) is 0 Å². The molecule has 19 heavy (non-hydrogen) atoms. The van der Waals surface area contributed by atoms with Crippen LogP contribution in [0.4, 0.5) is 5.82 Å². The maximum atomic E-state index is 4.72. The van der Waals surface area contributed by atoms with Gasteiger partial charge in [-0.3, -0.25) is 0 Å². The second kappa shape index (κ2) is 4.92. The van der Waals surface area contributed by atoms with E-state index in [1.54, 1.807) is 12.5 Å². The Morgan fingerprint density at radius 3 is 2.79 bits per heavy atom. The van der Waals surface area contributed by atoms with Gasteiger partial charge in [0, 0.05) is 19.5 Å². The van der Waals surface area contributed by atoms with Crippen LogP contribution in [0.1, 0.15) is 31.4 Å². The van der Waals surface area contributed by atoms with Crippen molar-refractivity contribution in [2.75, 3.05) is 11.9 Å². The number of rotatable bonds is 4. The van der Waals surface area contributed by atoms with Gasteiger partial charge < -0.3 is 9.88 Å². The van der Waals surface area contributed by atoms with Crippen molar-refractivity contribution in [1.82, 2.24) is 19.5 Å². The summed E-state index contributed by atoms with van der Waals surface area (Å²) in [6, 6.07) is 0. The Morgan fingerprint density at radius 1 is 1.42 bits per heavy atom. The fourth-order valence-corrected chi connectivity index (χ4v) is 2.70. The number of nitrogens with zero attached hydrogens (tertiary/aromatic N) is 4. The van der Waals surface area contributed by atoms with E-state index >= 15 is 0 Å². The summed E-state index contributed by atoms with van der Waals surface area (Å²) >= 11 is 3.63. The van der Waals surface area contributed by atoms with Gasteiger partial charge in [-0.05, 0) is 35.7 Å². The van der Waals surface area contributed by atoms with E-state index < -0.39 is 0 Å². The molecule has 100 valence electrons. The lowest BCUT2D eigenvalue weighted by molar-refractivity contribution is 0.895. The first-order valence-electron chi connectivity index (χ1n) is 6.48. The molecule has 6 heteroatoms. The topological polar surface area (TPSA) is 55.6 Å². The Bertz CT molecular complexity index is 603. The van der Waals surface area contributed by atoms with Crippen molar-refractivity contribution in [3.05, 3.63) is 22.7 Å². The van der Waals surface area contributed by atoms with E-state index in [1.807, 2.05) is 11.6 Å². The van der Waals surface area contributed by atoms with Gasteiger partial charge in [-0.2, -0.15) is 0 Å². The van der Waals surface area contributed by atoms with Crippen LogP contribution >= 0.6 is 15.9 Å². The Labute approximate surface area is 120 Å². The van der Waals surface area contributed by atoms with E-state index in [2.05, 4.69) is 38.1 Å². The smallest absolute Gasteiger partial charge is 0.180 e. The van der Waals surface area contributed by atoms with Crippen LogP contribution < -0.4 is 5.32 Å². The molecule has 0 amide bonds. The first-order chi connectivity index (χ1) is 9.20. The molecule has 2 aromatic rings. The molecule has 1 N–H and O–H groups in total. The lowest BCUT2D eigenvalue weighted by Crippen LogP contribution is -2.07. The summed E-state index contributed by atoms with van der Waals surface area (Å²) < 4.78 is 2.94. The summed E-state index contributed by atoms with van der Waals surface area (Å²) in [6.45, 7) is 2.90. The summed E-state index contributed by atoms with van der Waals surface area (Å²) in [5.41, 5.74) is 2.05. The molecule has 2 aromatic heterocycles. The molecule has 0 unspecified atom stereocenters. The van der Waals surface area contributed by atoms with Crippen molar-refractivity contribution >= 4 is 21.7 Å². The van der Waals surface area contributed by atoms with Gasteiger partial charge >= 0.3 is 0 Å².